The fourth-order valence-electron chi connectivity index (χ4n) is 4.30. The number of nitrogens with two attached hydrogens (primary N) is 2. The molecule has 1 amide bonds. The first-order chi connectivity index (χ1) is 16.3. The number of rotatable bonds is 6. The number of fused-ring (bicyclic) bond motifs is 1. The number of primary amides is 1. The second kappa shape index (κ2) is 8.41. The Balaban J connectivity index is 1.38. The number of carbonyl (C=O) groups is 1. The molecule has 1 saturated heterocycles. The molecule has 3 aromatic heterocycles. The number of halogens is 1. The number of aromatic nitrogens is 5. The van der Waals surface area contributed by atoms with E-state index in [1.54, 1.807) is 40.6 Å². The maximum absolute atomic E-state index is 15.2. The lowest BCUT2D eigenvalue weighted by Gasteiger charge is -2.17. The number of nitrogens with zero attached hydrogens (tertiary/aromatic N) is 5. The summed E-state index contributed by atoms with van der Waals surface area (Å²) in [6, 6.07) is 6.83. The minimum absolute atomic E-state index is 0.149. The number of hydrogen-bond acceptors (Lipinski definition) is 7. The molecular weight excluding hydrogens is 441 g/mol. The van der Waals surface area contributed by atoms with Crippen molar-refractivity contribution in [1.29, 1.82) is 0 Å². The Morgan fingerprint density at radius 3 is 2.85 bits per heavy atom. The third kappa shape index (κ3) is 3.83. The molecule has 1 fully saturated rings. The van der Waals surface area contributed by atoms with Gasteiger partial charge in [-0.1, -0.05) is 0 Å². The van der Waals surface area contributed by atoms with Crippen molar-refractivity contribution >= 4 is 22.8 Å². The van der Waals surface area contributed by atoms with Crippen LogP contribution in [0.25, 0.3) is 22.3 Å². The predicted octanol–water partition coefficient (Wildman–Crippen LogP) is 2.53. The largest absolute Gasteiger partial charge is 0.491 e. The number of hydrogen-bond donors (Lipinski definition) is 2. The zero-order chi connectivity index (χ0) is 24.0. The second-order valence-corrected chi connectivity index (χ2v) is 8.33. The number of aryl methyl sites for hydroxylation is 2. The van der Waals surface area contributed by atoms with E-state index in [2.05, 4.69) is 15.1 Å². The van der Waals surface area contributed by atoms with Crippen LogP contribution < -0.4 is 16.2 Å². The smallest absolute Gasteiger partial charge is 0.248 e. The molecule has 0 bridgehead atoms. The van der Waals surface area contributed by atoms with E-state index >= 15 is 4.39 Å². The Labute approximate surface area is 194 Å². The molecule has 4 N–H and O–H groups in total. The molecule has 176 valence electrons. The van der Waals surface area contributed by atoms with Crippen LogP contribution in [0.2, 0.25) is 0 Å². The van der Waals surface area contributed by atoms with Crippen LogP contribution in [-0.2, 0) is 11.8 Å². The Morgan fingerprint density at radius 2 is 2.15 bits per heavy atom. The molecule has 1 aromatic carbocycles. The number of ether oxygens (including phenoxy) is 2. The summed E-state index contributed by atoms with van der Waals surface area (Å²) >= 11 is 0. The SMILES string of the molecule is Cc1cc(OC[C@@H]2C[C@H](F)[C@H](n3cc(-c4ccn(C)n4)c4c(N)ncnc43)O2)ccc1C(N)=O. The third-order valence-electron chi connectivity index (χ3n) is 5.93. The lowest BCUT2D eigenvalue weighted by atomic mass is 10.1. The first-order valence-electron chi connectivity index (χ1n) is 10.8. The van der Waals surface area contributed by atoms with Gasteiger partial charge in [-0.15, -0.1) is 0 Å². The van der Waals surface area contributed by atoms with Gasteiger partial charge in [-0.25, -0.2) is 14.4 Å². The summed E-state index contributed by atoms with van der Waals surface area (Å²) in [5, 5.41) is 5.04. The number of amides is 1. The van der Waals surface area contributed by atoms with Gasteiger partial charge in [-0.2, -0.15) is 5.10 Å². The number of carbonyl (C=O) groups excluding carboxylic acids is 1. The monoisotopic (exact) mass is 465 g/mol. The lowest BCUT2D eigenvalue weighted by molar-refractivity contribution is -0.0310. The molecule has 0 spiro atoms. The average Bonchev–Trinajstić information content (AvgIpc) is 3.49. The molecule has 11 heteroatoms. The highest BCUT2D eigenvalue weighted by molar-refractivity contribution is 5.99. The Bertz CT molecular complexity index is 1380. The maximum atomic E-state index is 15.2. The summed E-state index contributed by atoms with van der Waals surface area (Å²) in [6.45, 7) is 1.92. The van der Waals surface area contributed by atoms with Crippen LogP contribution in [0.3, 0.4) is 0 Å². The second-order valence-electron chi connectivity index (χ2n) is 8.33. The third-order valence-corrected chi connectivity index (χ3v) is 5.93. The molecule has 0 unspecified atom stereocenters. The van der Waals surface area contributed by atoms with Gasteiger partial charge in [0.2, 0.25) is 5.91 Å². The fraction of sp³-hybridized carbons (Fsp3) is 0.304. The van der Waals surface area contributed by atoms with E-state index in [9.17, 15) is 4.79 Å². The number of alkyl halides is 1. The van der Waals surface area contributed by atoms with Gasteiger partial charge >= 0.3 is 0 Å². The summed E-state index contributed by atoms with van der Waals surface area (Å²) in [5.74, 6) is 0.335. The number of benzene rings is 1. The van der Waals surface area contributed by atoms with Crippen LogP contribution in [0.1, 0.15) is 28.6 Å². The zero-order valence-corrected chi connectivity index (χ0v) is 18.7. The molecule has 3 atom stereocenters. The zero-order valence-electron chi connectivity index (χ0n) is 18.7. The quantitative estimate of drug-likeness (QED) is 0.446. The molecular formula is C23H24FN7O3. The molecule has 1 aliphatic heterocycles. The highest BCUT2D eigenvalue weighted by Crippen LogP contribution is 2.38. The van der Waals surface area contributed by atoms with E-state index < -0.39 is 24.4 Å². The van der Waals surface area contributed by atoms with E-state index in [4.69, 9.17) is 20.9 Å². The van der Waals surface area contributed by atoms with Gasteiger partial charge in [0.25, 0.3) is 0 Å². The highest BCUT2D eigenvalue weighted by Gasteiger charge is 2.38. The van der Waals surface area contributed by atoms with E-state index in [1.807, 2.05) is 19.3 Å². The van der Waals surface area contributed by atoms with Gasteiger partial charge < -0.3 is 25.5 Å². The van der Waals surface area contributed by atoms with E-state index in [1.165, 1.54) is 6.33 Å². The minimum atomic E-state index is -1.28. The highest BCUT2D eigenvalue weighted by atomic mass is 19.1. The van der Waals surface area contributed by atoms with Gasteiger partial charge in [0.15, 0.2) is 6.23 Å². The fourth-order valence-corrected chi connectivity index (χ4v) is 4.30. The molecule has 4 aromatic rings. The van der Waals surface area contributed by atoms with Crippen LogP contribution >= 0.6 is 0 Å². The van der Waals surface area contributed by atoms with Crippen molar-refractivity contribution in [3.05, 3.63) is 54.1 Å². The van der Waals surface area contributed by atoms with Crippen molar-refractivity contribution in [2.45, 2.75) is 31.8 Å². The summed E-state index contributed by atoms with van der Waals surface area (Å²) < 4.78 is 30.3. The summed E-state index contributed by atoms with van der Waals surface area (Å²) in [4.78, 5) is 19.9. The number of anilines is 1. The Kier molecular flexibility index (Phi) is 5.40. The normalized spacial score (nSPS) is 20.1. The van der Waals surface area contributed by atoms with Crippen molar-refractivity contribution in [3.63, 3.8) is 0 Å². The van der Waals surface area contributed by atoms with Crippen molar-refractivity contribution in [1.82, 2.24) is 24.3 Å². The lowest BCUT2D eigenvalue weighted by Crippen LogP contribution is -2.19. The molecule has 5 rings (SSSR count). The van der Waals surface area contributed by atoms with Crippen molar-refractivity contribution in [2.75, 3.05) is 12.3 Å². The van der Waals surface area contributed by atoms with Crippen molar-refractivity contribution in [2.24, 2.45) is 12.8 Å². The van der Waals surface area contributed by atoms with Crippen LogP contribution in [0.4, 0.5) is 10.2 Å². The summed E-state index contributed by atoms with van der Waals surface area (Å²) in [6.07, 6.45) is 2.40. The Morgan fingerprint density at radius 1 is 1.32 bits per heavy atom. The van der Waals surface area contributed by atoms with E-state index in [0.29, 0.717) is 39.2 Å². The molecule has 1 aliphatic rings. The van der Waals surface area contributed by atoms with Crippen LogP contribution in [0, 0.1) is 6.92 Å². The molecule has 10 nitrogen and oxygen atoms in total. The van der Waals surface area contributed by atoms with E-state index in [0.717, 1.165) is 0 Å². The molecule has 0 saturated carbocycles. The van der Waals surface area contributed by atoms with Crippen LogP contribution in [-0.4, -0.2) is 49.1 Å². The Hall–Kier alpha value is -3.99. The van der Waals surface area contributed by atoms with Crippen molar-refractivity contribution < 1.29 is 18.7 Å². The predicted molar refractivity (Wildman–Crippen MR) is 123 cm³/mol. The van der Waals surface area contributed by atoms with Gasteiger partial charge in [0.05, 0.1) is 17.2 Å². The summed E-state index contributed by atoms with van der Waals surface area (Å²) in [7, 11) is 1.81. The first-order valence-corrected chi connectivity index (χ1v) is 10.8. The minimum Gasteiger partial charge on any atom is -0.491 e. The molecule has 0 aliphatic carbocycles. The van der Waals surface area contributed by atoms with Gasteiger partial charge in [0.1, 0.15) is 36.3 Å². The number of nitrogen functional groups attached to an aromatic ring is 1. The van der Waals surface area contributed by atoms with Gasteiger partial charge in [-0.05, 0) is 36.8 Å². The van der Waals surface area contributed by atoms with Gasteiger partial charge in [0, 0.05) is 37.0 Å². The first kappa shape index (κ1) is 21.8. The standard InChI is InChI=1S/C23H24FN7O3/c1-12-7-13(3-4-15(12)21(26)32)33-10-14-8-17(24)23(34-14)31-9-16(18-5-6-30(2)29-18)19-20(25)27-11-28-22(19)31/h3-7,9,11,14,17,23H,8,10H2,1-2H3,(H2,26,32)(H2,25,27,28)/t14-,17-,23+/m0/s1. The van der Waals surface area contributed by atoms with Crippen molar-refractivity contribution in [3.8, 4) is 17.0 Å². The van der Waals surface area contributed by atoms with Crippen LogP contribution in [0.15, 0.2) is 43.0 Å². The van der Waals surface area contributed by atoms with Gasteiger partial charge in [-0.3, -0.25) is 9.48 Å². The van der Waals surface area contributed by atoms with E-state index in [-0.39, 0.29) is 18.8 Å². The molecule has 34 heavy (non-hydrogen) atoms. The summed E-state index contributed by atoms with van der Waals surface area (Å²) in [5.41, 5.74) is 14.5. The average molecular weight is 465 g/mol. The van der Waals surface area contributed by atoms with Crippen LogP contribution in [0.5, 0.6) is 5.75 Å². The molecule has 0 radical (unpaired) electrons. The topological polar surface area (TPSA) is 136 Å². The molecule has 4 heterocycles. The maximum Gasteiger partial charge on any atom is 0.248 e.